The Morgan fingerprint density at radius 1 is 1.32 bits per heavy atom. The number of hydrogen-bond donors (Lipinski definition) is 2. The summed E-state index contributed by atoms with van der Waals surface area (Å²) >= 11 is 0. The predicted molar refractivity (Wildman–Crippen MR) is 83.3 cm³/mol. The van der Waals surface area contributed by atoms with Gasteiger partial charge in [0.1, 0.15) is 11.6 Å². The molecule has 0 bridgehead atoms. The highest BCUT2D eigenvalue weighted by Crippen LogP contribution is 2.11. The van der Waals surface area contributed by atoms with Crippen LogP contribution in [0, 0.1) is 11.3 Å². The van der Waals surface area contributed by atoms with Crippen molar-refractivity contribution in [1.82, 2.24) is 5.32 Å². The number of methoxy groups -OCH3 is 1. The van der Waals surface area contributed by atoms with Crippen molar-refractivity contribution in [2.45, 2.75) is 13.3 Å². The number of nitrogens with one attached hydrogen (secondary N) is 2. The Morgan fingerprint density at radius 2 is 2.00 bits per heavy atom. The lowest BCUT2D eigenvalue weighted by Gasteiger charge is -2.05. The van der Waals surface area contributed by atoms with Gasteiger partial charge in [0.2, 0.25) is 0 Å². The lowest BCUT2D eigenvalue weighted by molar-refractivity contribution is -0.112. The van der Waals surface area contributed by atoms with Crippen molar-refractivity contribution in [3.8, 4) is 6.07 Å². The predicted octanol–water partition coefficient (Wildman–Crippen LogP) is 1.86. The molecule has 1 rings (SSSR count). The van der Waals surface area contributed by atoms with Gasteiger partial charge in [-0.05, 0) is 37.6 Å². The number of nitrogens with zero attached hydrogens (tertiary/aromatic N) is 1. The van der Waals surface area contributed by atoms with Crippen LogP contribution < -0.4 is 10.6 Å². The molecule has 0 unspecified atom stereocenters. The number of ketones is 1. The Bertz CT molecular complexity index is 586. The fourth-order valence-electron chi connectivity index (χ4n) is 1.63. The Labute approximate surface area is 129 Å². The number of carbonyl (C=O) groups is 2. The maximum atomic E-state index is 11.9. The average molecular weight is 301 g/mol. The molecule has 0 saturated carbocycles. The van der Waals surface area contributed by atoms with Crippen molar-refractivity contribution in [3.63, 3.8) is 0 Å². The zero-order valence-electron chi connectivity index (χ0n) is 12.7. The van der Waals surface area contributed by atoms with Crippen LogP contribution in [0.5, 0.6) is 0 Å². The van der Waals surface area contributed by atoms with E-state index in [1.165, 1.54) is 13.1 Å². The Balaban J connectivity index is 2.59. The van der Waals surface area contributed by atoms with Gasteiger partial charge in [0.05, 0.1) is 0 Å². The highest BCUT2D eigenvalue weighted by Gasteiger charge is 2.09. The molecular weight excluding hydrogens is 282 g/mol. The second kappa shape index (κ2) is 9.32. The van der Waals surface area contributed by atoms with Gasteiger partial charge in [-0.25, -0.2) is 0 Å². The van der Waals surface area contributed by atoms with Gasteiger partial charge in [0, 0.05) is 37.7 Å². The van der Waals surface area contributed by atoms with Gasteiger partial charge < -0.3 is 15.4 Å². The molecule has 22 heavy (non-hydrogen) atoms. The Morgan fingerprint density at radius 3 is 2.55 bits per heavy atom. The smallest absolute Gasteiger partial charge is 0.267 e. The number of amides is 1. The van der Waals surface area contributed by atoms with E-state index in [0.29, 0.717) is 24.4 Å². The highest BCUT2D eigenvalue weighted by atomic mass is 16.5. The summed E-state index contributed by atoms with van der Waals surface area (Å²) in [7, 11) is 1.61. The summed E-state index contributed by atoms with van der Waals surface area (Å²) in [6.45, 7) is 2.69. The van der Waals surface area contributed by atoms with Crippen molar-refractivity contribution in [2.24, 2.45) is 0 Å². The minimum atomic E-state index is -0.502. The van der Waals surface area contributed by atoms with E-state index in [1.807, 2.05) is 6.07 Å². The summed E-state index contributed by atoms with van der Waals surface area (Å²) in [6, 6.07) is 8.33. The molecule has 2 N–H and O–H groups in total. The summed E-state index contributed by atoms with van der Waals surface area (Å²) in [5.74, 6) is -0.548. The molecule has 1 aromatic carbocycles. The first-order valence-corrected chi connectivity index (χ1v) is 6.83. The molecule has 1 aromatic rings. The fraction of sp³-hybridized carbons (Fsp3) is 0.312. The number of rotatable bonds is 8. The number of carbonyl (C=O) groups excluding carboxylic acids is 2. The third-order valence-electron chi connectivity index (χ3n) is 2.83. The van der Waals surface area contributed by atoms with E-state index in [9.17, 15) is 9.59 Å². The molecule has 0 saturated heterocycles. The molecule has 0 radical (unpaired) electrons. The van der Waals surface area contributed by atoms with Gasteiger partial charge in [0.15, 0.2) is 5.78 Å². The van der Waals surface area contributed by atoms with Crippen molar-refractivity contribution in [3.05, 3.63) is 41.6 Å². The Hall–Kier alpha value is -2.65. The summed E-state index contributed by atoms with van der Waals surface area (Å²) in [5, 5.41) is 14.5. The number of Topliss-reactive ketones (excluding diaryl/α,β-unsaturated/α-hetero) is 1. The molecule has 0 aliphatic heterocycles. The molecule has 0 spiro atoms. The molecule has 0 atom stereocenters. The first-order valence-electron chi connectivity index (χ1n) is 6.83. The molecule has 0 aliphatic rings. The molecule has 0 aliphatic carbocycles. The van der Waals surface area contributed by atoms with Crippen LogP contribution in [0.1, 0.15) is 23.7 Å². The van der Waals surface area contributed by atoms with Crippen LogP contribution in [0.25, 0.3) is 0 Å². The largest absolute Gasteiger partial charge is 0.390 e. The lowest BCUT2D eigenvalue weighted by atomic mass is 10.1. The first-order chi connectivity index (χ1) is 10.6. The van der Waals surface area contributed by atoms with Crippen LogP contribution in [0.15, 0.2) is 36.0 Å². The summed E-state index contributed by atoms with van der Waals surface area (Å²) in [6.07, 6.45) is 2.16. The molecular formula is C16H19N3O3. The summed E-state index contributed by atoms with van der Waals surface area (Å²) < 4.78 is 4.90. The van der Waals surface area contributed by atoms with E-state index >= 15 is 0 Å². The standard InChI is InChI=1S/C16H19N3O3/c1-12(20)13-4-6-15(7-5-13)19-16(21)14(10-17)11-18-8-3-9-22-2/h4-7,11,18H,3,8-9H2,1-2H3,(H,19,21)/b14-11-. The molecule has 116 valence electrons. The first kappa shape index (κ1) is 17.4. The summed E-state index contributed by atoms with van der Waals surface area (Å²) in [4.78, 5) is 23.1. The van der Waals surface area contributed by atoms with E-state index in [2.05, 4.69) is 10.6 Å². The van der Waals surface area contributed by atoms with Gasteiger partial charge in [-0.2, -0.15) is 5.26 Å². The van der Waals surface area contributed by atoms with Gasteiger partial charge >= 0.3 is 0 Å². The molecule has 1 amide bonds. The molecule has 6 heteroatoms. The van der Waals surface area contributed by atoms with Crippen molar-refractivity contribution >= 4 is 17.4 Å². The molecule has 0 heterocycles. The van der Waals surface area contributed by atoms with E-state index in [-0.39, 0.29) is 11.4 Å². The minimum Gasteiger partial charge on any atom is -0.390 e. The maximum Gasteiger partial charge on any atom is 0.267 e. The third-order valence-corrected chi connectivity index (χ3v) is 2.83. The average Bonchev–Trinajstić information content (AvgIpc) is 2.51. The molecule has 0 aromatic heterocycles. The normalized spacial score (nSPS) is 10.7. The highest BCUT2D eigenvalue weighted by molar-refractivity contribution is 6.06. The van der Waals surface area contributed by atoms with Crippen molar-refractivity contribution < 1.29 is 14.3 Å². The zero-order chi connectivity index (χ0) is 16.4. The van der Waals surface area contributed by atoms with E-state index in [0.717, 1.165) is 6.42 Å². The summed E-state index contributed by atoms with van der Waals surface area (Å²) in [5.41, 5.74) is 1.07. The Kier molecular flexibility index (Phi) is 7.37. The van der Waals surface area contributed by atoms with Crippen LogP contribution >= 0.6 is 0 Å². The topological polar surface area (TPSA) is 91.2 Å². The van der Waals surface area contributed by atoms with Crippen molar-refractivity contribution in [1.29, 1.82) is 5.26 Å². The van der Waals surface area contributed by atoms with Gasteiger partial charge in [-0.1, -0.05) is 0 Å². The molecule has 6 nitrogen and oxygen atoms in total. The van der Waals surface area contributed by atoms with Crippen LogP contribution in [0.2, 0.25) is 0 Å². The zero-order valence-corrected chi connectivity index (χ0v) is 12.7. The van der Waals surface area contributed by atoms with E-state index in [4.69, 9.17) is 10.00 Å². The molecule has 0 fully saturated rings. The maximum absolute atomic E-state index is 11.9. The number of anilines is 1. The van der Waals surface area contributed by atoms with Crippen molar-refractivity contribution in [2.75, 3.05) is 25.6 Å². The second-order valence-electron chi connectivity index (χ2n) is 4.56. The monoisotopic (exact) mass is 301 g/mol. The van der Waals surface area contributed by atoms with Gasteiger partial charge in [-0.3, -0.25) is 9.59 Å². The number of nitriles is 1. The van der Waals surface area contributed by atoms with E-state index in [1.54, 1.807) is 31.4 Å². The number of hydrogen-bond acceptors (Lipinski definition) is 5. The second-order valence-corrected chi connectivity index (χ2v) is 4.56. The minimum absolute atomic E-state index is 0.0203. The number of ether oxygens (including phenoxy) is 1. The van der Waals surface area contributed by atoms with Crippen LogP contribution in [0.4, 0.5) is 5.69 Å². The van der Waals surface area contributed by atoms with Crippen LogP contribution in [-0.2, 0) is 9.53 Å². The van der Waals surface area contributed by atoms with Gasteiger partial charge in [0.25, 0.3) is 5.91 Å². The SMILES string of the molecule is COCCCN/C=C(/C#N)C(=O)Nc1ccc(C(C)=O)cc1. The lowest BCUT2D eigenvalue weighted by Crippen LogP contribution is -2.17. The quantitative estimate of drug-likeness (QED) is 0.331. The van der Waals surface area contributed by atoms with E-state index < -0.39 is 5.91 Å². The van der Waals surface area contributed by atoms with Crippen LogP contribution in [-0.4, -0.2) is 32.0 Å². The fourth-order valence-corrected chi connectivity index (χ4v) is 1.63. The van der Waals surface area contributed by atoms with Crippen LogP contribution in [0.3, 0.4) is 0 Å². The number of benzene rings is 1. The van der Waals surface area contributed by atoms with Gasteiger partial charge in [-0.15, -0.1) is 0 Å². The third kappa shape index (κ3) is 5.77.